The van der Waals surface area contributed by atoms with Crippen LogP contribution in [0.5, 0.6) is 0 Å². The lowest BCUT2D eigenvalue weighted by Crippen LogP contribution is -1.98. The van der Waals surface area contributed by atoms with Crippen LogP contribution in [0.15, 0.2) is 23.1 Å². The second kappa shape index (κ2) is 4.04. The molecule has 0 saturated carbocycles. The van der Waals surface area contributed by atoms with Crippen molar-refractivity contribution in [2.75, 3.05) is 12.0 Å². The van der Waals surface area contributed by atoms with Crippen molar-refractivity contribution in [1.29, 1.82) is 0 Å². The van der Waals surface area contributed by atoms with Crippen LogP contribution in [0.25, 0.3) is 22.7 Å². The molecule has 0 amide bonds. The van der Waals surface area contributed by atoms with Gasteiger partial charge in [0.25, 0.3) is 0 Å². The van der Waals surface area contributed by atoms with Gasteiger partial charge in [0, 0.05) is 13.3 Å². The molecule has 0 unspecified atom stereocenters. The van der Waals surface area contributed by atoms with Crippen LogP contribution in [-0.4, -0.2) is 39.4 Å². The Balaban J connectivity index is 2.35. The highest BCUT2D eigenvalue weighted by Crippen LogP contribution is 2.26. The molecule has 2 heterocycles. The molecule has 0 saturated heterocycles. The number of H-pyrrole nitrogens is 1. The van der Waals surface area contributed by atoms with Crippen LogP contribution in [0.3, 0.4) is 0 Å². The van der Waals surface area contributed by atoms with E-state index in [0.29, 0.717) is 22.7 Å². The summed E-state index contributed by atoms with van der Waals surface area (Å²) in [6.45, 7) is 0. The summed E-state index contributed by atoms with van der Waals surface area (Å²) in [6.07, 6.45) is 1.16. The molecule has 104 valence electrons. The number of fused-ring (bicyclic) bond motifs is 1. The second-order valence-electron chi connectivity index (χ2n) is 4.43. The zero-order chi connectivity index (χ0) is 14.5. The predicted molar refractivity (Wildman–Crippen MR) is 73.6 cm³/mol. The van der Waals surface area contributed by atoms with Crippen LogP contribution >= 0.6 is 0 Å². The van der Waals surface area contributed by atoms with Gasteiger partial charge in [0.05, 0.1) is 10.4 Å². The lowest BCUT2D eigenvalue weighted by atomic mass is 10.3. The molecule has 3 rings (SSSR count). The number of aromatic nitrogens is 5. The number of para-hydroxylation sites is 1. The summed E-state index contributed by atoms with van der Waals surface area (Å²) in [5.41, 5.74) is 6.57. The molecule has 3 N–H and O–H groups in total. The third kappa shape index (κ3) is 1.83. The van der Waals surface area contributed by atoms with Crippen molar-refractivity contribution < 1.29 is 8.42 Å². The summed E-state index contributed by atoms with van der Waals surface area (Å²) >= 11 is 0. The maximum atomic E-state index is 11.8. The Kier molecular flexibility index (Phi) is 2.54. The van der Waals surface area contributed by atoms with Crippen molar-refractivity contribution in [3.05, 3.63) is 18.2 Å². The summed E-state index contributed by atoms with van der Waals surface area (Å²) < 4.78 is 25.3. The summed E-state index contributed by atoms with van der Waals surface area (Å²) in [6, 6.07) is 5.00. The lowest BCUT2D eigenvalue weighted by molar-refractivity contribution is 0.602. The second-order valence-corrected chi connectivity index (χ2v) is 6.42. The van der Waals surface area contributed by atoms with Crippen molar-refractivity contribution >= 4 is 26.8 Å². The molecule has 0 aliphatic rings. The molecule has 0 bridgehead atoms. The number of anilines is 1. The summed E-state index contributed by atoms with van der Waals surface area (Å²) in [4.78, 5) is 8.55. The standard InChI is InChI=1S/C11H12N6O2S/c1-17-6-4-3-5-7(20(2,18)19)8(6)13-10(17)9-14-11(12)16-15-9/h3-5H,1-2H3,(H3,12,14,15,16). The number of nitrogens with one attached hydrogen (secondary N) is 1. The van der Waals surface area contributed by atoms with Gasteiger partial charge in [-0.3, -0.25) is 5.10 Å². The largest absolute Gasteiger partial charge is 0.366 e. The van der Waals surface area contributed by atoms with Gasteiger partial charge in [0.2, 0.25) is 5.95 Å². The maximum absolute atomic E-state index is 11.8. The zero-order valence-corrected chi connectivity index (χ0v) is 11.6. The fourth-order valence-corrected chi connectivity index (χ4v) is 2.90. The number of benzene rings is 1. The molecular weight excluding hydrogens is 280 g/mol. The van der Waals surface area contributed by atoms with Crippen LogP contribution in [-0.2, 0) is 16.9 Å². The number of nitrogen functional groups attached to an aromatic ring is 1. The Morgan fingerprint density at radius 3 is 2.65 bits per heavy atom. The molecule has 8 nitrogen and oxygen atoms in total. The van der Waals surface area contributed by atoms with Gasteiger partial charge in [-0.1, -0.05) is 6.07 Å². The minimum atomic E-state index is -3.36. The number of aromatic amines is 1. The number of hydrogen-bond donors (Lipinski definition) is 2. The van der Waals surface area contributed by atoms with Crippen LogP contribution in [0, 0.1) is 0 Å². The monoisotopic (exact) mass is 292 g/mol. The van der Waals surface area contributed by atoms with Crippen LogP contribution < -0.4 is 5.73 Å². The van der Waals surface area contributed by atoms with Gasteiger partial charge in [-0.2, -0.15) is 4.98 Å². The Morgan fingerprint density at radius 1 is 1.30 bits per heavy atom. The molecule has 0 atom stereocenters. The zero-order valence-electron chi connectivity index (χ0n) is 10.8. The van der Waals surface area contributed by atoms with Gasteiger partial charge in [-0.25, -0.2) is 13.4 Å². The number of hydrogen-bond acceptors (Lipinski definition) is 6. The molecule has 0 aliphatic heterocycles. The topological polar surface area (TPSA) is 120 Å². The molecular formula is C11H12N6O2S. The number of aryl methyl sites for hydroxylation is 1. The summed E-state index contributed by atoms with van der Waals surface area (Å²) in [5.74, 6) is 0.969. The van der Waals surface area contributed by atoms with Gasteiger partial charge in [-0.05, 0) is 12.1 Å². The first kappa shape index (κ1) is 12.6. The van der Waals surface area contributed by atoms with Crippen molar-refractivity contribution in [2.24, 2.45) is 7.05 Å². The summed E-state index contributed by atoms with van der Waals surface area (Å²) in [5, 5.41) is 6.41. The van der Waals surface area contributed by atoms with Crippen LogP contribution in [0.4, 0.5) is 5.95 Å². The number of imidazole rings is 1. The van der Waals surface area contributed by atoms with E-state index in [1.165, 1.54) is 6.07 Å². The van der Waals surface area contributed by atoms with E-state index in [9.17, 15) is 8.42 Å². The minimum Gasteiger partial charge on any atom is -0.366 e. The Labute approximate surface area is 114 Å². The predicted octanol–water partition coefficient (Wildman–Crippen LogP) is 0.344. The van der Waals surface area contributed by atoms with Crippen LogP contribution in [0.2, 0.25) is 0 Å². The summed E-state index contributed by atoms with van der Waals surface area (Å²) in [7, 11) is -1.58. The van der Waals surface area contributed by atoms with Crippen molar-refractivity contribution in [3.8, 4) is 11.6 Å². The van der Waals surface area contributed by atoms with Gasteiger partial charge < -0.3 is 10.3 Å². The first-order valence-electron chi connectivity index (χ1n) is 5.71. The van der Waals surface area contributed by atoms with Crippen molar-refractivity contribution in [3.63, 3.8) is 0 Å². The van der Waals surface area contributed by atoms with E-state index < -0.39 is 9.84 Å². The van der Waals surface area contributed by atoms with Crippen LogP contribution in [0.1, 0.15) is 0 Å². The quantitative estimate of drug-likeness (QED) is 0.703. The van der Waals surface area contributed by atoms with Gasteiger partial charge >= 0.3 is 0 Å². The maximum Gasteiger partial charge on any atom is 0.239 e. The SMILES string of the molecule is Cn1c(-c2nc(N)n[nH]2)nc2c(S(C)(=O)=O)cccc21. The Bertz CT molecular complexity index is 908. The molecule has 9 heteroatoms. The average Bonchev–Trinajstić information content (AvgIpc) is 2.92. The average molecular weight is 292 g/mol. The lowest BCUT2D eigenvalue weighted by Gasteiger charge is -2.00. The first-order chi connectivity index (χ1) is 9.38. The number of nitrogens with two attached hydrogens (primary N) is 1. The molecule has 0 radical (unpaired) electrons. The number of sulfone groups is 1. The normalized spacial score (nSPS) is 12.1. The van der Waals surface area contributed by atoms with E-state index in [2.05, 4.69) is 20.2 Å². The molecule has 20 heavy (non-hydrogen) atoms. The van der Waals surface area contributed by atoms with Crippen molar-refractivity contribution in [1.82, 2.24) is 24.7 Å². The van der Waals surface area contributed by atoms with E-state index in [-0.39, 0.29) is 10.8 Å². The molecule has 2 aromatic heterocycles. The van der Waals surface area contributed by atoms with E-state index in [0.717, 1.165) is 6.26 Å². The fraction of sp³-hybridized carbons (Fsp3) is 0.182. The van der Waals surface area contributed by atoms with E-state index >= 15 is 0 Å². The first-order valence-corrected chi connectivity index (χ1v) is 7.61. The molecule has 0 fully saturated rings. The van der Waals surface area contributed by atoms with Crippen molar-refractivity contribution in [2.45, 2.75) is 4.90 Å². The highest BCUT2D eigenvalue weighted by atomic mass is 32.2. The minimum absolute atomic E-state index is 0.107. The third-order valence-electron chi connectivity index (χ3n) is 2.99. The van der Waals surface area contributed by atoms with E-state index in [4.69, 9.17) is 5.73 Å². The highest BCUT2D eigenvalue weighted by molar-refractivity contribution is 7.91. The molecule has 3 aromatic rings. The third-order valence-corrected chi connectivity index (χ3v) is 4.12. The number of nitrogens with zero attached hydrogens (tertiary/aromatic N) is 4. The van der Waals surface area contributed by atoms with Gasteiger partial charge in [-0.15, -0.1) is 5.10 Å². The van der Waals surface area contributed by atoms with Gasteiger partial charge in [0.15, 0.2) is 21.5 Å². The van der Waals surface area contributed by atoms with E-state index in [1.807, 2.05) is 0 Å². The van der Waals surface area contributed by atoms with Gasteiger partial charge in [0.1, 0.15) is 5.52 Å². The fourth-order valence-electron chi connectivity index (χ4n) is 2.07. The number of rotatable bonds is 2. The molecule has 0 aliphatic carbocycles. The Hall–Kier alpha value is -2.42. The smallest absolute Gasteiger partial charge is 0.239 e. The van der Waals surface area contributed by atoms with E-state index in [1.54, 1.807) is 23.7 Å². The highest BCUT2D eigenvalue weighted by Gasteiger charge is 2.19. The Morgan fingerprint density at radius 2 is 2.05 bits per heavy atom. The molecule has 1 aromatic carbocycles. The molecule has 0 spiro atoms.